The molecule has 5 nitrogen and oxygen atoms in total. The summed E-state index contributed by atoms with van der Waals surface area (Å²) >= 11 is 0. The molecule has 0 unspecified atom stereocenters. The molecule has 1 aliphatic rings. The third-order valence-electron chi connectivity index (χ3n) is 5.38. The van der Waals surface area contributed by atoms with E-state index in [0.29, 0.717) is 25.9 Å². The number of rotatable bonds is 6. The highest BCUT2D eigenvalue weighted by Crippen LogP contribution is 2.35. The Labute approximate surface area is 160 Å². The number of pyridine rings is 1. The lowest BCUT2D eigenvalue weighted by Gasteiger charge is -2.41. The van der Waals surface area contributed by atoms with Crippen molar-refractivity contribution in [3.63, 3.8) is 0 Å². The second-order valence-corrected chi connectivity index (χ2v) is 7.43. The van der Waals surface area contributed by atoms with Crippen LogP contribution in [0.25, 0.3) is 11.1 Å². The van der Waals surface area contributed by atoms with Gasteiger partial charge in [0.1, 0.15) is 0 Å². The maximum absolute atomic E-state index is 12.4. The summed E-state index contributed by atoms with van der Waals surface area (Å²) in [6, 6.07) is 12.1. The van der Waals surface area contributed by atoms with Gasteiger partial charge in [0.2, 0.25) is 11.8 Å². The third kappa shape index (κ3) is 4.35. The van der Waals surface area contributed by atoms with Crippen LogP contribution in [-0.4, -0.2) is 34.8 Å². The van der Waals surface area contributed by atoms with Crippen LogP contribution in [0.1, 0.15) is 38.2 Å². The van der Waals surface area contributed by atoms with E-state index in [9.17, 15) is 9.59 Å². The molecule has 2 aromatic rings. The predicted octanol–water partition coefficient (Wildman–Crippen LogP) is 3.19. The lowest BCUT2D eigenvalue weighted by molar-refractivity contribution is -0.140. The van der Waals surface area contributed by atoms with Crippen LogP contribution in [0.15, 0.2) is 48.8 Å². The predicted molar refractivity (Wildman–Crippen MR) is 106 cm³/mol. The van der Waals surface area contributed by atoms with Crippen LogP contribution >= 0.6 is 0 Å². The highest BCUT2D eigenvalue weighted by Gasteiger charge is 2.42. The van der Waals surface area contributed by atoms with Crippen molar-refractivity contribution < 1.29 is 9.59 Å². The minimum atomic E-state index is -0.699. The van der Waals surface area contributed by atoms with Crippen molar-refractivity contribution in [3.05, 3.63) is 54.4 Å². The number of primary amides is 1. The van der Waals surface area contributed by atoms with Crippen LogP contribution in [0.4, 0.5) is 0 Å². The van der Waals surface area contributed by atoms with E-state index in [4.69, 9.17) is 5.73 Å². The summed E-state index contributed by atoms with van der Waals surface area (Å²) in [6.07, 6.45) is 6.98. The van der Waals surface area contributed by atoms with E-state index in [1.54, 1.807) is 6.20 Å². The minimum absolute atomic E-state index is 0.118. The van der Waals surface area contributed by atoms with Gasteiger partial charge in [0.05, 0.1) is 5.41 Å². The van der Waals surface area contributed by atoms with E-state index in [2.05, 4.69) is 11.1 Å². The number of aromatic nitrogens is 1. The first kappa shape index (κ1) is 19.1. The van der Waals surface area contributed by atoms with E-state index in [1.165, 1.54) is 0 Å². The Bertz CT molecular complexity index is 806. The maximum atomic E-state index is 12.4. The normalized spacial score (nSPS) is 19.7. The summed E-state index contributed by atoms with van der Waals surface area (Å²) in [5, 5.41) is 0. The van der Waals surface area contributed by atoms with E-state index < -0.39 is 5.41 Å². The van der Waals surface area contributed by atoms with Gasteiger partial charge in [-0.3, -0.25) is 14.6 Å². The van der Waals surface area contributed by atoms with Gasteiger partial charge in [-0.1, -0.05) is 37.3 Å². The molecular weight excluding hydrogens is 338 g/mol. The molecule has 2 N–H and O–H groups in total. The molecule has 0 aliphatic carbocycles. The monoisotopic (exact) mass is 365 g/mol. The zero-order valence-corrected chi connectivity index (χ0v) is 15.9. The Morgan fingerprint density at radius 1 is 1.22 bits per heavy atom. The van der Waals surface area contributed by atoms with Crippen molar-refractivity contribution in [2.45, 2.75) is 39.0 Å². The van der Waals surface area contributed by atoms with E-state index in [1.807, 2.05) is 48.4 Å². The number of benzene rings is 1. The molecule has 1 aromatic carbocycles. The lowest BCUT2D eigenvalue weighted by atomic mass is 9.74. The average molecular weight is 365 g/mol. The molecule has 0 spiro atoms. The molecular formula is C22H27N3O2. The fraction of sp³-hybridized carbons (Fsp3) is 0.409. The number of likely N-dealkylation sites (tertiary alicyclic amines) is 1. The van der Waals surface area contributed by atoms with Crippen molar-refractivity contribution >= 4 is 11.8 Å². The molecule has 27 heavy (non-hydrogen) atoms. The second-order valence-electron chi connectivity index (χ2n) is 7.43. The number of amides is 2. The minimum Gasteiger partial charge on any atom is -0.369 e. The van der Waals surface area contributed by atoms with Gasteiger partial charge in [0.25, 0.3) is 0 Å². The fourth-order valence-electron chi connectivity index (χ4n) is 3.93. The van der Waals surface area contributed by atoms with Crippen LogP contribution < -0.4 is 5.73 Å². The summed E-state index contributed by atoms with van der Waals surface area (Å²) < 4.78 is 0. The molecule has 0 saturated carbocycles. The maximum Gasteiger partial charge on any atom is 0.225 e. The lowest BCUT2D eigenvalue weighted by Crippen LogP contribution is -2.53. The van der Waals surface area contributed by atoms with Gasteiger partial charge in [-0.05, 0) is 48.4 Å². The highest BCUT2D eigenvalue weighted by atomic mass is 16.2. The fourth-order valence-corrected chi connectivity index (χ4v) is 3.93. The van der Waals surface area contributed by atoms with Gasteiger partial charge in [-0.2, -0.15) is 0 Å². The molecule has 142 valence electrons. The van der Waals surface area contributed by atoms with E-state index in [0.717, 1.165) is 36.0 Å². The summed E-state index contributed by atoms with van der Waals surface area (Å²) in [6.45, 7) is 3.12. The van der Waals surface area contributed by atoms with Crippen molar-refractivity contribution in [2.75, 3.05) is 13.1 Å². The number of nitrogens with zero attached hydrogens (tertiary/aromatic N) is 2. The molecule has 1 fully saturated rings. The number of piperidine rings is 1. The summed E-state index contributed by atoms with van der Waals surface area (Å²) in [7, 11) is 0. The molecule has 1 atom stereocenters. The molecule has 2 amide bonds. The van der Waals surface area contributed by atoms with Gasteiger partial charge < -0.3 is 10.6 Å². The molecule has 3 rings (SSSR count). The Kier molecular flexibility index (Phi) is 5.89. The average Bonchev–Trinajstić information content (AvgIpc) is 2.69. The third-order valence-corrected chi connectivity index (χ3v) is 5.38. The number of nitrogens with two attached hydrogens (primary N) is 1. The number of hydrogen-bond acceptors (Lipinski definition) is 3. The van der Waals surface area contributed by atoms with Crippen LogP contribution in [0.3, 0.4) is 0 Å². The first-order valence-electron chi connectivity index (χ1n) is 9.61. The van der Waals surface area contributed by atoms with Crippen LogP contribution in [0, 0.1) is 5.41 Å². The summed E-state index contributed by atoms with van der Waals surface area (Å²) in [5.41, 5.74) is 8.31. The van der Waals surface area contributed by atoms with Gasteiger partial charge >= 0.3 is 0 Å². The van der Waals surface area contributed by atoms with Gasteiger partial charge in [-0.15, -0.1) is 0 Å². The molecule has 2 heterocycles. The first-order valence-corrected chi connectivity index (χ1v) is 9.61. The molecule has 0 bridgehead atoms. The Morgan fingerprint density at radius 2 is 2.04 bits per heavy atom. The number of carbonyl (C=O) groups is 2. The topological polar surface area (TPSA) is 76.3 Å². The van der Waals surface area contributed by atoms with Crippen LogP contribution in [0.2, 0.25) is 0 Å². The summed E-state index contributed by atoms with van der Waals surface area (Å²) in [5.74, 6) is -0.199. The standard InChI is InChI=1S/C22H27N3O2/c1-2-6-20(26)25-12-5-10-22(16-25,21(23)27)14-17-7-3-8-18(13-17)19-9-4-11-24-15-19/h3-4,7-9,11,13,15H,2,5-6,10,12,14,16H2,1H3,(H2,23,27)/t22-/m1/s1. The van der Waals surface area contributed by atoms with E-state index >= 15 is 0 Å². The molecule has 1 saturated heterocycles. The smallest absolute Gasteiger partial charge is 0.225 e. The zero-order valence-electron chi connectivity index (χ0n) is 15.9. The quantitative estimate of drug-likeness (QED) is 0.854. The van der Waals surface area contributed by atoms with Gasteiger partial charge in [-0.25, -0.2) is 0 Å². The molecule has 1 aromatic heterocycles. The Hall–Kier alpha value is -2.69. The summed E-state index contributed by atoms with van der Waals surface area (Å²) in [4.78, 5) is 30.8. The molecule has 5 heteroatoms. The zero-order chi connectivity index (χ0) is 19.3. The van der Waals surface area contributed by atoms with Crippen molar-refractivity contribution in [3.8, 4) is 11.1 Å². The first-order chi connectivity index (χ1) is 13.0. The second kappa shape index (κ2) is 8.33. The van der Waals surface area contributed by atoms with Crippen molar-refractivity contribution in [1.29, 1.82) is 0 Å². The van der Waals surface area contributed by atoms with Gasteiger partial charge in [0.15, 0.2) is 0 Å². The molecule has 1 aliphatic heterocycles. The van der Waals surface area contributed by atoms with Crippen LogP contribution in [-0.2, 0) is 16.0 Å². The largest absolute Gasteiger partial charge is 0.369 e. The van der Waals surface area contributed by atoms with Gasteiger partial charge in [0, 0.05) is 31.9 Å². The SMILES string of the molecule is CCCC(=O)N1CCC[C@](Cc2cccc(-c3cccnc3)c2)(C(N)=O)C1. The molecule has 0 radical (unpaired) electrons. The Morgan fingerprint density at radius 3 is 2.74 bits per heavy atom. The highest BCUT2D eigenvalue weighted by molar-refractivity contribution is 5.83. The van der Waals surface area contributed by atoms with Crippen LogP contribution in [0.5, 0.6) is 0 Å². The Balaban J connectivity index is 1.84. The van der Waals surface area contributed by atoms with Crippen molar-refractivity contribution in [2.24, 2.45) is 11.1 Å². The van der Waals surface area contributed by atoms with E-state index in [-0.39, 0.29) is 11.8 Å². The number of carbonyl (C=O) groups excluding carboxylic acids is 2. The number of hydrogen-bond donors (Lipinski definition) is 1. The van der Waals surface area contributed by atoms with Crippen molar-refractivity contribution in [1.82, 2.24) is 9.88 Å².